The number of likely N-dealkylation sites (N-methyl/N-ethyl adjacent to an activating group) is 1. The first-order valence-electron chi connectivity index (χ1n) is 8.96. The largest absolute Gasteiger partial charge is 0.368 e. The Labute approximate surface area is 173 Å². The smallest absolute Gasteiger partial charge is 0.252 e. The van der Waals surface area contributed by atoms with Gasteiger partial charge in [0.15, 0.2) is 5.82 Å². The van der Waals surface area contributed by atoms with E-state index in [-0.39, 0.29) is 0 Å². The molecule has 1 N–H and O–H groups in total. The molecule has 9 heteroatoms. The van der Waals surface area contributed by atoms with Crippen molar-refractivity contribution < 1.29 is 8.42 Å². The molecule has 0 unspecified atom stereocenters. The first-order valence-corrected chi connectivity index (χ1v) is 11.3. The Kier molecular flexibility index (Phi) is 5.52. The molecular formula is C20H19N5O2S2. The Morgan fingerprint density at radius 2 is 1.83 bits per heavy atom. The minimum absolute atomic E-state index is 0.309. The van der Waals surface area contributed by atoms with Gasteiger partial charge in [-0.2, -0.15) is 4.31 Å². The van der Waals surface area contributed by atoms with Gasteiger partial charge in [0, 0.05) is 43.5 Å². The summed E-state index contributed by atoms with van der Waals surface area (Å²) in [6, 6.07) is 14.8. The van der Waals surface area contributed by atoms with Gasteiger partial charge < -0.3 is 5.32 Å². The average Bonchev–Trinajstić information content (AvgIpc) is 3.30. The minimum atomic E-state index is -3.47. The van der Waals surface area contributed by atoms with E-state index >= 15 is 0 Å². The third-order valence-electron chi connectivity index (χ3n) is 4.42. The number of nitrogens with zero attached hydrogens (tertiary/aromatic N) is 4. The van der Waals surface area contributed by atoms with Crippen LogP contribution in [0.4, 0.5) is 5.82 Å². The molecule has 7 nitrogen and oxygen atoms in total. The van der Waals surface area contributed by atoms with Gasteiger partial charge in [0.2, 0.25) is 0 Å². The van der Waals surface area contributed by atoms with Gasteiger partial charge >= 0.3 is 0 Å². The van der Waals surface area contributed by atoms with Crippen molar-refractivity contribution in [2.45, 2.75) is 4.21 Å². The fraction of sp³-hybridized carbons (Fsp3) is 0.150. The third kappa shape index (κ3) is 4.12. The van der Waals surface area contributed by atoms with Crippen LogP contribution < -0.4 is 5.32 Å². The summed E-state index contributed by atoms with van der Waals surface area (Å²) in [5.41, 5.74) is 1.68. The van der Waals surface area contributed by atoms with Gasteiger partial charge in [-0.3, -0.25) is 4.98 Å². The number of rotatable bonds is 7. The maximum absolute atomic E-state index is 12.6. The lowest BCUT2D eigenvalue weighted by Crippen LogP contribution is -2.31. The van der Waals surface area contributed by atoms with Crippen molar-refractivity contribution in [1.29, 1.82) is 0 Å². The minimum Gasteiger partial charge on any atom is -0.368 e. The number of para-hydroxylation sites is 1. The molecule has 0 aliphatic carbocycles. The van der Waals surface area contributed by atoms with Crippen molar-refractivity contribution in [3.05, 3.63) is 66.3 Å². The van der Waals surface area contributed by atoms with Crippen molar-refractivity contribution >= 4 is 38.1 Å². The molecule has 148 valence electrons. The van der Waals surface area contributed by atoms with Crippen molar-refractivity contribution in [2.75, 3.05) is 25.5 Å². The number of aromatic nitrogens is 3. The molecule has 0 aliphatic rings. The van der Waals surface area contributed by atoms with Gasteiger partial charge in [0.1, 0.15) is 10.0 Å². The second-order valence-corrected chi connectivity index (χ2v) is 9.55. The summed E-state index contributed by atoms with van der Waals surface area (Å²) in [6.07, 6.45) is 3.40. The van der Waals surface area contributed by atoms with E-state index in [1.54, 1.807) is 37.0 Å². The number of sulfonamides is 1. The van der Waals surface area contributed by atoms with Gasteiger partial charge in [-0.25, -0.2) is 18.4 Å². The Morgan fingerprint density at radius 1 is 1.03 bits per heavy atom. The first-order chi connectivity index (χ1) is 14.1. The monoisotopic (exact) mass is 425 g/mol. The molecule has 0 saturated heterocycles. The zero-order chi connectivity index (χ0) is 20.3. The van der Waals surface area contributed by atoms with Crippen LogP contribution in [0.25, 0.3) is 22.3 Å². The Balaban J connectivity index is 1.56. The molecule has 0 fully saturated rings. The van der Waals surface area contributed by atoms with Gasteiger partial charge in [-0.05, 0) is 35.7 Å². The molecular weight excluding hydrogens is 406 g/mol. The Morgan fingerprint density at radius 3 is 2.59 bits per heavy atom. The maximum atomic E-state index is 12.6. The predicted molar refractivity (Wildman–Crippen MR) is 115 cm³/mol. The predicted octanol–water partition coefficient (Wildman–Crippen LogP) is 3.49. The molecule has 0 spiro atoms. The third-order valence-corrected chi connectivity index (χ3v) is 7.65. The summed E-state index contributed by atoms with van der Waals surface area (Å²) in [6.45, 7) is 0.723. The molecule has 3 aromatic heterocycles. The summed E-state index contributed by atoms with van der Waals surface area (Å²) in [5, 5.41) is 5.92. The van der Waals surface area contributed by atoms with Crippen LogP contribution in [0.1, 0.15) is 0 Å². The zero-order valence-corrected chi connectivity index (χ0v) is 17.3. The summed E-state index contributed by atoms with van der Waals surface area (Å²) in [5.74, 6) is 1.26. The number of thiophene rings is 1. The molecule has 0 radical (unpaired) electrons. The number of hydrogen-bond donors (Lipinski definition) is 1. The van der Waals surface area contributed by atoms with Crippen molar-refractivity contribution in [1.82, 2.24) is 19.3 Å². The number of hydrogen-bond acceptors (Lipinski definition) is 7. The molecule has 4 aromatic rings. The number of anilines is 1. The lowest BCUT2D eigenvalue weighted by molar-refractivity contribution is 0.482. The van der Waals surface area contributed by atoms with Crippen LogP contribution in [0.15, 0.2) is 70.5 Å². The molecule has 0 saturated carbocycles. The highest BCUT2D eigenvalue weighted by Gasteiger charge is 2.21. The van der Waals surface area contributed by atoms with Gasteiger partial charge in [-0.1, -0.05) is 18.2 Å². The van der Waals surface area contributed by atoms with E-state index in [9.17, 15) is 8.42 Å². The molecule has 0 amide bonds. The van der Waals surface area contributed by atoms with Crippen molar-refractivity contribution in [2.24, 2.45) is 0 Å². The first kappa shape index (κ1) is 19.4. The topological polar surface area (TPSA) is 88.1 Å². The van der Waals surface area contributed by atoms with Crippen LogP contribution >= 0.6 is 11.3 Å². The quantitative estimate of drug-likeness (QED) is 0.488. The Hall–Kier alpha value is -2.88. The number of benzene rings is 1. The molecule has 29 heavy (non-hydrogen) atoms. The zero-order valence-electron chi connectivity index (χ0n) is 15.7. The lowest BCUT2D eigenvalue weighted by atomic mass is 10.2. The second-order valence-electron chi connectivity index (χ2n) is 6.33. The van der Waals surface area contributed by atoms with Crippen molar-refractivity contribution in [3.63, 3.8) is 0 Å². The molecule has 4 rings (SSSR count). The number of pyridine rings is 1. The van der Waals surface area contributed by atoms with Crippen LogP contribution in [0.5, 0.6) is 0 Å². The van der Waals surface area contributed by atoms with E-state index in [1.165, 1.54) is 15.6 Å². The van der Waals surface area contributed by atoms with Crippen LogP contribution in [-0.2, 0) is 10.0 Å². The van der Waals surface area contributed by atoms with Gasteiger partial charge in [0.25, 0.3) is 10.0 Å². The molecule has 0 atom stereocenters. The van der Waals surface area contributed by atoms with Gasteiger partial charge in [0.05, 0.1) is 5.52 Å². The fourth-order valence-corrected chi connectivity index (χ4v) is 5.23. The van der Waals surface area contributed by atoms with E-state index in [2.05, 4.69) is 20.3 Å². The molecule has 0 bridgehead atoms. The lowest BCUT2D eigenvalue weighted by Gasteiger charge is -2.17. The molecule has 0 aliphatic heterocycles. The summed E-state index contributed by atoms with van der Waals surface area (Å²) < 4.78 is 26.8. The van der Waals surface area contributed by atoms with Crippen LogP contribution in [0.2, 0.25) is 0 Å². The number of fused-ring (bicyclic) bond motifs is 1. The van der Waals surface area contributed by atoms with Crippen molar-refractivity contribution in [3.8, 4) is 11.4 Å². The normalized spacial score (nSPS) is 11.8. The molecule has 3 heterocycles. The fourth-order valence-electron chi connectivity index (χ4n) is 2.86. The highest BCUT2D eigenvalue weighted by Crippen LogP contribution is 2.25. The number of nitrogens with one attached hydrogen (secondary N) is 1. The van der Waals surface area contributed by atoms with E-state index in [1.807, 2.05) is 36.4 Å². The van der Waals surface area contributed by atoms with E-state index in [0.29, 0.717) is 28.9 Å². The SMILES string of the molecule is CN(CCNc1nc(-c2ccncc2)nc2ccccc12)S(=O)(=O)c1cccs1. The highest BCUT2D eigenvalue weighted by molar-refractivity contribution is 7.91. The van der Waals surface area contributed by atoms with Crippen LogP contribution in [0.3, 0.4) is 0 Å². The van der Waals surface area contributed by atoms with E-state index in [0.717, 1.165) is 16.5 Å². The summed E-state index contributed by atoms with van der Waals surface area (Å²) in [4.78, 5) is 13.3. The van der Waals surface area contributed by atoms with E-state index in [4.69, 9.17) is 0 Å². The van der Waals surface area contributed by atoms with Gasteiger partial charge in [-0.15, -0.1) is 11.3 Å². The standard InChI is InChI=1S/C20H19N5O2S2/c1-25(29(26,27)18-7-4-14-28-18)13-12-22-20-16-5-2-3-6-17(16)23-19(24-20)15-8-10-21-11-9-15/h2-11,14H,12-13H2,1H3,(H,22,23,24). The average molecular weight is 426 g/mol. The second kappa shape index (κ2) is 8.24. The summed E-state index contributed by atoms with van der Waals surface area (Å²) >= 11 is 1.21. The summed E-state index contributed by atoms with van der Waals surface area (Å²) in [7, 11) is -1.89. The highest BCUT2D eigenvalue weighted by atomic mass is 32.2. The maximum Gasteiger partial charge on any atom is 0.252 e. The van der Waals surface area contributed by atoms with Crippen LogP contribution in [0, 0.1) is 0 Å². The van der Waals surface area contributed by atoms with E-state index < -0.39 is 10.0 Å². The van der Waals surface area contributed by atoms with Crippen LogP contribution in [-0.4, -0.2) is 47.8 Å². The molecule has 1 aromatic carbocycles. The Bertz CT molecular complexity index is 1210.